The average molecular weight is 563 g/mol. The Morgan fingerprint density at radius 1 is 1.23 bits per heavy atom. The number of ether oxygens (including phenoxy) is 1. The molecular weight excluding hydrogens is 512 g/mol. The van der Waals surface area contributed by atoms with E-state index in [1.54, 1.807) is 0 Å². The van der Waals surface area contributed by atoms with Gasteiger partial charge in [-0.15, -0.1) is 18.3 Å². The Labute approximate surface area is 239 Å². The minimum Gasteiger partial charge on any atom is -0.461 e. The van der Waals surface area contributed by atoms with E-state index in [4.69, 9.17) is 10.5 Å². The van der Waals surface area contributed by atoms with Gasteiger partial charge in [0.05, 0.1) is 23.3 Å². The summed E-state index contributed by atoms with van der Waals surface area (Å²) in [7, 11) is 0. The highest BCUT2D eigenvalue weighted by Crippen LogP contribution is 2.66. The first-order chi connectivity index (χ1) is 18.3. The van der Waals surface area contributed by atoms with Crippen LogP contribution in [0.15, 0.2) is 12.7 Å². The molecule has 220 valence electrons. The quantitative estimate of drug-likeness (QED) is 0.342. The largest absolute Gasteiger partial charge is 0.461 e. The van der Waals surface area contributed by atoms with Gasteiger partial charge in [-0.3, -0.25) is 14.4 Å². The zero-order valence-corrected chi connectivity index (χ0v) is 25.4. The average Bonchev–Trinajstić information content (AvgIpc) is 3.28. The molecule has 3 aliphatic carbocycles. The number of carbonyl (C=O) groups is 3. The third-order valence-corrected chi connectivity index (χ3v) is 12.3. The van der Waals surface area contributed by atoms with E-state index in [1.807, 2.05) is 31.7 Å². The summed E-state index contributed by atoms with van der Waals surface area (Å²) in [5.74, 6) is -0.200. The number of aliphatic hydroxyl groups excluding tert-OH is 1. The number of Topliss-reactive ketones (excluding diaryl/α,β-unsaturated/α-hetero) is 1. The molecular formula is C31H50N2O5S. The third kappa shape index (κ3) is 5.34. The normalized spacial score (nSPS) is 41.4. The summed E-state index contributed by atoms with van der Waals surface area (Å²) in [6, 6.07) is -0.547. The first kappa shape index (κ1) is 30.6. The monoisotopic (exact) mass is 562 g/mol. The molecule has 1 heterocycles. The fourth-order valence-electron chi connectivity index (χ4n) is 8.45. The predicted molar refractivity (Wildman–Crippen MR) is 155 cm³/mol. The van der Waals surface area contributed by atoms with E-state index in [9.17, 15) is 19.5 Å². The molecule has 0 radical (unpaired) electrons. The van der Waals surface area contributed by atoms with Crippen molar-refractivity contribution in [3.05, 3.63) is 12.7 Å². The lowest BCUT2D eigenvalue weighted by atomic mass is 9.46. The van der Waals surface area contributed by atoms with Crippen LogP contribution in [0.4, 0.5) is 0 Å². The molecule has 3 N–H and O–H groups in total. The molecule has 1 amide bonds. The van der Waals surface area contributed by atoms with Gasteiger partial charge in [-0.25, -0.2) is 0 Å². The summed E-state index contributed by atoms with van der Waals surface area (Å²) in [6.45, 7) is 14.9. The fourth-order valence-corrected chi connectivity index (χ4v) is 9.57. The van der Waals surface area contributed by atoms with Gasteiger partial charge in [0.25, 0.3) is 0 Å². The number of carbonyl (C=O) groups excluding carboxylic acids is 3. The Morgan fingerprint density at radius 3 is 2.62 bits per heavy atom. The Morgan fingerprint density at radius 2 is 1.95 bits per heavy atom. The second-order valence-corrected chi connectivity index (χ2v) is 14.8. The van der Waals surface area contributed by atoms with Crippen LogP contribution in [0, 0.1) is 34.0 Å². The number of hydrogen-bond donors (Lipinski definition) is 2. The van der Waals surface area contributed by atoms with Crippen LogP contribution < -0.4 is 5.73 Å². The lowest BCUT2D eigenvalue weighted by Gasteiger charge is -2.59. The van der Waals surface area contributed by atoms with Gasteiger partial charge in [-0.1, -0.05) is 47.1 Å². The number of nitrogens with two attached hydrogens (primary N) is 1. The number of nitrogens with zero attached hydrogens (tertiary/aromatic N) is 1. The van der Waals surface area contributed by atoms with E-state index in [0.717, 1.165) is 44.9 Å². The van der Waals surface area contributed by atoms with Crippen LogP contribution in [0.3, 0.4) is 0 Å². The molecule has 3 saturated carbocycles. The van der Waals surface area contributed by atoms with Crippen LogP contribution >= 0.6 is 11.8 Å². The molecule has 2 bridgehead atoms. The summed E-state index contributed by atoms with van der Waals surface area (Å²) in [4.78, 5) is 41.8. The van der Waals surface area contributed by atoms with Crippen molar-refractivity contribution in [3.8, 4) is 0 Å². The van der Waals surface area contributed by atoms with Gasteiger partial charge in [-0.05, 0) is 62.2 Å². The zero-order chi connectivity index (χ0) is 28.8. The van der Waals surface area contributed by atoms with E-state index in [2.05, 4.69) is 20.4 Å². The van der Waals surface area contributed by atoms with Crippen LogP contribution in [0.25, 0.3) is 0 Å². The molecule has 0 spiro atoms. The van der Waals surface area contributed by atoms with Crippen molar-refractivity contribution < 1.29 is 24.2 Å². The van der Waals surface area contributed by atoms with Crippen molar-refractivity contribution in [1.29, 1.82) is 0 Å². The number of thioether (sulfide) groups is 1. The van der Waals surface area contributed by atoms with Gasteiger partial charge >= 0.3 is 5.97 Å². The van der Waals surface area contributed by atoms with Gasteiger partial charge in [0, 0.05) is 29.7 Å². The van der Waals surface area contributed by atoms with Crippen molar-refractivity contribution in [3.63, 3.8) is 0 Å². The number of likely N-dealkylation sites (tertiary alicyclic amines) is 1. The van der Waals surface area contributed by atoms with Crippen molar-refractivity contribution in [1.82, 2.24) is 4.90 Å². The van der Waals surface area contributed by atoms with Crippen LogP contribution in [0.2, 0.25) is 0 Å². The van der Waals surface area contributed by atoms with Crippen LogP contribution in [-0.2, 0) is 19.1 Å². The molecule has 0 aromatic rings. The zero-order valence-electron chi connectivity index (χ0n) is 24.6. The van der Waals surface area contributed by atoms with Gasteiger partial charge in [0.1, 0.15) is 11.9 Å². The lowest BCUT2D eigenvalue weighted by Crippen LogP contribution is -2.60. The number of aliphatic hydroxyl groups is 1. The van der Waals surface area contributed by atoms with Crippen LogP contribution in [-0.4, -0.2) is 63.6 Å². The maximum absolute atomic E-state index is 13.4. The second kappa shape index (κ2) is 11.5. The van der Waals surface area contributed by atoms with Gasteiger partial charge in [0.15, 0.2) is 0 Å². The highest BCUT2D eigenvalue weighted by atomic mass is 32.2. The number of amides is 1. The molecule has 0 aromatic carbocycles. The summed E-state index contributed by atoms with van der Waals surface area (Å²) >= 11 is 1.45. The highest BCUT2D eigenvalue weighted by molar-refractivity contribution is 8.00. The molecule has 1 saturated heterocycles. The summed E-state index contributed by atoms with van der Waals surface area (Å²) < 4.78 is 6.32. The van der Waals surface area contributed by atoms with E-state index in [1.165, 1.54) is 11.8 Å². The Kier molecular flexibility index (Phi) is 9.00. The predicted octanol–water partition coefficient (Wildman–Crippen LogP) is 4.70. The maximum atomic E-state index is 13.4. The van der Waals surface area contributed by atoms with Gasteiger partial charge in [-0.2, -0.15) is 0 Å². The molecule has 4 fully saturated rings. The fraction of sp³-hybridized carbons (Fsp3) is 0.839. The molecule has 9 atom stereocenters. The Bertz CT molecular complexity index is 973. The van der Waals surface area contributed by atoms with Gasteiger partial charge in [0.2, 0.25) is 5.91 Å². The van der Waals surface area contributed by atoms with Crippen molar-refractivity contribution in [2.75, 3.05) is 12.3 Å². The van der Waals surface area contributed by atoms with E-state index in [-0.39, 0.29) is 52.0 Å². The van der Waals surface area contributed by atoms with E-state index < -0.39 is 29.1 Å². The number of esters is 1. The minimum absolute atomic E-state index is 0.0455. The highest BCUT2D eigenvalue weighted by Gasteiger charge is 2.66. The molecule has 39 heavy (non-hydrogen) atoms. The molecule has 8 heteroatoms. The van der Waals surface area contributed by atoms with Crippen molar-refractivity contribution >= 4 is 29.4 Å². The Hall–Kier alpha value is -1.38. The molecule has 3 unspecified atom stereocenters. The number of hydrogen-bond acceptors (Lipinski definition) is 7. The SMILES string of the molecule is C=C[C@]1(C)C[C@@H](OC(=O)CS[C@H]2CCCCN2C(=O)[C@@H](N)C(C)C)[C@]2(C)CCCC3(CCC(=O)C32)[C@@H](C)C1O. The third-order valence-electron chi connectivity index (χ3n) is 11.0. The number of piperidine rings is 1. The summed E-state index contributed by atoms with van der Waals surface area (Å²) in [5.41, 5.74) is 4.79. The smallest absolute Gasteiger partial charge is 0.316 e. The van der Waals surface area contributed by atoms with Crippen LogP contribution in [0.5, 0.6) is 0 Å². The van der Waals surface area contributed by atoms with Crippen molar-refractivity contribution in [2.45, 2.75) is 116 Å². The van der Waals surface area contributed by atoms with E-state index in [0.29, 0.717) is 19.4 Å². The Balaban J connectivity index is 1.54. The molecule has 4 rings (SSSR count). The second-order valence-electron chi connectivity index (χ2n) is 13.7. The lowest BCUT2D eigenvalue weighted by molar-refractivity contribution is -0.193. The summed E-state index contributed by atoms with van der Waals surface area (Å²) in [5, 5.41) is 11.5. The topological polar surface area (TPSA) is 110 Å². The number of rotatable bonds is 7. The molecule has 4 aliphatic rings. The number of ketones is 1. The van der Waals surface area contributed by atoms with Gasteiger partial charge < -0.3 is 20.5 Å². The summed E-state index contributed by atoms with van der Waals surface area (Å²) in [6.07, 6.45) is 7.88. The van der Waals surface area contributed by atoms with Crippen LogP contribution in [0.1, 0.15) is 92.4 Å². The molecule has 0 aromatic heterocycles. The standard InChI is InChI=1S/C31H50N2O5S/c1-7-29(5)17-22(30(6)13-10-14-31(20(4)27(29)36)15-12-21(34)26(30)31)38-24(35)18-39-23-11-8-9-16-33(23)28(37)25(32)19(2)3/h7,19-20,22-23,25-27,36H,1,8-18,32H2,2-6H3/t20-,22+,23-,25-,26?,27?,29+,30-,31?/m0/s1. The van der Waals surface area contributed by atoms with E-state index >= 15 is 0 Å². The minimum atomic E-state index is -0.673. The first-order valence-corrected chi connectivity index (χ1v) is 16.1. The molecule has 1 aliphatic heterocycles. The van der Waals surface area contributed by atoms with Crippen molar-refractivity contribution in [2.24, 2.45) is 39.7 Å². The first-order valence-electron chi connectivity index (χ1n) is 15.0. The maximum Gasteiger partial charge on any atom is 0.316 e. The molecule has 7 nitrogen and oxygen atoms in total.